The summed E-state index contributed by atoms with van der Waals surface area (Å²) < 4.78 is 4.97. The number of nitrogens with zero attached hydrogens (tertiary/aromatic N) is 2. The zero-order valence-corrected chi connectivity index (χ0v) is 13.2. The highest BCUT2D eigenvalue weighted by molar-refractivity contribution is 7.99. The van der Waals surface area contributed by atoms with Gasteiger partial charge < -0.3 is 14.7 Å². The van der Waals surface area contributed by atoms with Crippen LogP contribution in [0.15, 0.2) is 18.2 Å². The number of ether oxygens (including phenoxy) is 1. The first-order valence-corrected chi connectivity index (χ1v) is 8.02. The summed E-state index contributed by atoms with van der Waals surface area (Å²) in [4.78, 5) is 35.4. The molecule has 1 heterocycles. The molecule has 0 radical (unpaired) electrons. The first-order valence-electron chi connectivity index (χ1n) is 6.87. The number of thioether (sulfide) groups is 1. The average Bonchev–Trinajstić information content (AvgIpc) is 2.53. The van der Waals surface area contributed by atoms with Crippen LogP contribution in [0.1, 0.15) is 16.8 Å². The number of carbonyl (C=O) groups is 2. The molecule has 1 atom stereocenters. The maximum absolute atomic E-state index is 12.6. The molecule has 0 aromatic heterocycles. The van der Waals surface area contributed by atoms with E-state index in [1.54, 1.807) is 11.8 Å². The Morgan fingerprint density at radius 3 is 2.87 bits per heavy atom. The smallest absolute Gasteiger partial charge is 0.310 e. The van der Waals surface area contributed by atoms with Crippen molar-refractivity contribution in [3.63, 3.8) is 0 Å². The van der Waals surface area contributed by atoms with Crippen LogP contribution >= 0.6 is 11.8 Å². The molecule has 1 unspecified atom stereocenters. The zero-order chi connectivity index (χ0) is 17.0. The number of aliphatic carboxylic acids is 1. The molecule has 8 nitrogen and oxygen atoms in total. The molecule has 1 aromatic carbocycles. The minimum Gasteiger partial charge on any atom is -0.490 e. The highest BCUT2D eigenvalue weighted by Crippen LogP contribution is 2.29. The summed E-state index contributed by atoms with van der Waals surface area (Å²) in [6, 6.07) is 3.51. The number of benzene rings is 1. The van der Waals surface area contributed by atoms with Gasteiger partial charge in [0.05, 0.1) is 24.5 Å². The van der Waals surface area contributed by atoms with E-state index in [0.717, 1.165) is 5.75 Å². The highest BCUT2D eigenvalue weighted by atomic mass is 32.2. The van der Waals surface area contributed by atoms with E-state index >= 15 is 0 Å². The number of carboxylic acid groups (broad SMARTS) is 1. The molecule has 0 bridgehead atoms. The third-order valence-corrected chi connectivity index (χ3v) is 4.61. The molecule has 1 aliphatic heterocycles. The second kappa shape index (κ2) is 7.32. The van der Waals surface area contributed by atoms with E-state index in [-0.39, 0.29) is 35.4 Å². The van der Waals surface area contributed by atoms with E-state index in [1.807, 2.05) is 0 Å². The number of amides is 1. The third kappa shape index (κ3) is 3.92. The average molecular weight is 340 g/mol. The predicted octanol–water partition coefficient (Wildman–Crippen LogP) is 1.64. The molecule has 9 heteroatoms. The van der Waals surface area contributed by atoms with Gasteiger partial charge in [0.1, 0.15) is 0 Å². The van der Waals surface area contributed by atoms with Crippen molar-refractivity contribution in [2.75, 3.05) is 25.2 Å². The Hall–Kier alpha value is -2.29. The van der Waals surface area contributed by atoms with Gasteiger partial charge >= 0.3 is 11.7 Å². The van der Waals surface area contributed by atoms with Crippen molar-refractivity contribution >= 4 is 29.3 Å². The van der Waals surface area contributed by atoms with Crippen molar-refractivity contribution in [1.29, 1.82) is 0 Å². The maximum atomic E-state index is 12.6. The van der Waals surface area contributed by atoms with Gasteiger partial charge in [0.25, 0.3) is 5.91 Å². The first-order chi connectivity index (χ1) is 10.9. The molecule has 124 valence electrons. The van der Waals surface area contributed by atoms with Crippen LogP contribution in [0.3, 0.4) is 0 Å². The first kappa shape index (κ1) is 17.1. The molecular formula is C14H16N2O6S. The molecule has 1 aliphatic rings. The third-order valence-electron chi connectivity index (χ3n) is 3.52. The summed E-state index contributed by atoms with van der Waals surface area (Å²) in [6.07, 6.45) is -0.122. The fraction of sp³-hybridized carbons (Fsp3) is 0.429. The lowest BCUT2D eigenvalue weighted by atomic mass is 10.1. The van der Waals surface area contributed by atoms with Crippen LogP contribution in [-0.4, -0.2) is 58.0 Å². The monoisotopic (exact) mass is 340 g/mol. The number of nitro groups is 1. The summed E-state index contributed by atoms with van der Waals surface area (Å²) in [5.74, 6) is -0.0166. The SMILES string of the molecule is COc1cc(C(=O)N2CCSCC2CC(=O)O)ccc1[N+](=O)[O-]. The molecular weight excluding hydrogens is 324 g/mol. The van der Waals surface area contributed by atoms with Gasteiger partial charge in [0.15, 0.2) is 5.75 Å². The predicted molar refractivity (Wildman–Crippen MR) is 84.1 cm³/mol. The van der Waals surface area contributed by atoms with Gasteiger partial charge in [0, 0.05) is 35.7 Å². The summed E-state index contributed by atoms with van der Waals surface area (Å²) in [7, 11) is 1.29. The van der Waals surface area contributed by atoms with Crippen LogP contribution < -0.4 is 4.74 Å². The number of rotatable bonds is 5. The van der Waals surface area contributed by atoms with Crippen molar-refractivity contribution < 1.29 is 24.4 Å². The van der Waals surface area contributed by atoms with E-state index in [1.165, 1.54) is 30.2 Å². The lowest BCUT2D eigenvalue weighted by Crippen LogP contribution is -2.47. The molecule has 2 rings (SSSR count). The standard InChI is InChI=1S/C14H16N2O6S/c1-22-12-6-9(2-3-11(12)16(20)21)14(19)15-4-5-23-8-10(15)7-13(17)18/h2-3,6,10H,4-5,7-8H2,1H3,(H,17,18). The normalized spacial score (nSPS) is 17.6. The minimum absolute atomic E-state index is 0.00187. The number of carboxylic acids is 1. The molecule has 23 heavy (non-hydrogen) atoms. The molecule has 1 saturated heterocycles. The fourth-order valence-corrected chi connectivity index (χ4v) is 3.48. The van der Waals surface area contributed by atoms with Crippen molar-refractivity contribution in [1.82, 2.24) is 4.90 Å². The largest absolute Gasteiger partial charge is 0.490 e. The molecule has 0 spiro atoms. The van der Waals surface area contributed by atoms with Crippen LogP contribution in [0.5, 0.6) is 5.75 Å². The maximum Gasteiger partial charge on any atom is 0.310 e. The van der Waals surface area contributed by atoms with Gasteiger partial charge in [-0.25, -0.2) is 0 Å². The summed E-state index contributed by atoms with van der Waals surface area (Å²) in [5.41, 5.74) is 0.0232. The molecule has 0 saturated carbocycles. The van der Waals surface area contributed by atoms with E-state index < -0.39 is 10.9 Å². The number of hydrogen-bond acceptors (Lipinski definition) is 6. The van der Waals surface area contributed by atoms with Gasteiger partial charge in [-0.2, -0.15) is 11.8 Å². The van der Waals surface area contributed by atoms with Crippen molar-refractivity contribution in [2.45, 2.75) is 12.5 Å². The van der Waals surface area contributed by atoms with Gasteiger partial charge in [-0.3, -0.25) is 19.7 Å². The van der Waals surface area contributed by atoms with Crippen molar-refractivity contribution in [3.8, 4) is 5.75 Å². The number of hydrogen-bond donors (Lipinski definition) is 1. The Morgan fingerprint density at radius 1 is 1.52 bits per heavy atom. The molecule has 0 aliphatic carbocycles. The number of carbonyl (C=O) groups excluding carboxylic acids is 1. The Balaban J connectivity index is 2.27. The number of nitro benzene ring substituents is 1. The Bertz CT molecular complexity index is 636. The van der Waals surface area contributed by atoms with E-state index in [9.17, 15) is 19.7 Å². The molecule has 1 amide bonds. The quantitative estimate of drug-likeness (QED) is 0.641. The second-order valence-corrected chi connectivity index (χ2v) is 6.12. The summed E-state index contributed by atoms with van der Waals surface area (Å²) in [5, 5.41) is 19.9. The summed E-state index contributed by atoms with van der Waals surface area (Å²) in [6.45, 7) is 0.445. The van der Waals surface area contributed by atoms with Gasteiger partial charge in [-0.15, -0.1) is 0 Å². The minimum atomic E-state index is -0.961. The van der Waals surface area contributed by atoms with E-state index in [0.29, 0.717) is 12.3 Å². The van der Waals surface area contributed by atoms with E-state index in [2.05, 4.69) is 0 Å². The van der Waals surface area contributed by atoms with Crippen LogP contribution in [-0.2, 0) is 4.79 Å². The lowest BCUT2D eigenvalue weighted by molar-refractivity contribution is -0.385. The van der Waals surface area contributed by atoms with Crippen molar-refractivity contribution in [2.24, 2.45) is 0 Å². The zero-order valence-electron chi connectivity index (χ0n) is 12.4. The highest BCUT2D eigenvalue weighted by Gasteiger charge is 2.30. The van der Waals surface area contributed by atoms with Crippen LogP contribution in [0.25, 0.3) is 0 Å². The lowest BCUT2D eigenvalue weighted by Gasteiger charge is -2.34. The molecule has 1 aromatic rings. The van der Waals surface area contributed by atoms with E-state index in [4.69, 9.17) is 9.84 Å². The van der Waals surface area contributed by atoms with Crippen LogP contribution in [0, 0.1) is 10.1 Å². The topological polar surface area (TPSA) is 110 Å². The van der Waals surface area contributed by atoms with Crippen LogP contribution in [0.2, 0.25) is 0 Å². The molecule has 1 fully saturated rings. The second-order valence-electron chi connectivity index (χ2n) is 4.97. The van der Waals surface area contributed by atoms with Crippen LogP contribution in [0.4, 0.5) is 5.69 Å². The van der Waals surface area contributed by atoms with Gasteiger partial charge in [-0.1, -0.05) is 0 Å². The summed E-state index contributed by atoms with van der Waals surface area (Å²) >= 11 is 1.60. The fourth-order valence-electron chi connectivity index (χ4n) is 2.42. The Labute approximate surface area is 136 Å². The Morgan fingerprint density at radius 2 is 2.26 bits per heavy atom. The van der Waals surface area contributed by atoms with Crippen molar-refractivity contribution in [3.05, 3.63) is 33.9 Å². The van der Waals surface area contributed by atoms with Gasteiger partial charge in [0.2, 0.25) is 0 Å². The molecule has 1 N–H and O–H groups in total. The Kier molecular flexibility index (Phi) is 5.43. The van der Waals surface area contributed by atoms with Gasteiger partial charge in [-0.05, 0) is 6.07 Å². The number of methoxy groups -OCH3 is 1.